The van der Waals surface area contributed by atoms with Crippen LogP contribution in [0.15, 0.2) is 35.7 Å². The largest absolute Gasteiger partial charge is 0.481 e. The van der Waals surface area contributed by atoms with E-state index in [0.29, 0.717) is 16.7 Å². The molecule has 1 aromatic rings. The Kier molecular flexibility index (Phi) is 4.01. The zero-order valence-corrected chi connectivity index (χ0v) is 13.3. The van der Waals surface area contributed by atoms with Gasteiger partial charge in [-0.05, 0) is 54.9 Å². The van der Waals surface area contributed by atoms with Crippen LogP contribution >= 0.6 is 0 Å². The molecule has 1 atom stereocenters. The maximum absolute atomic E-state index is 11.8. The predicted molar refractivity (Wildman–Crippen MR) is 85.9 cm³/mol. The molecular weight excluding hydrogens is 310 g/mol. The van der Waals surface area contributed by atoms with Gasteiger partial charge in [0.25, 0.3) is 0 Å². The second-order valence-electron chi connectivity index (χ2n) is 6.67. The van der Waals surface area contributed by atoms with E-state index in [1.165, 1.54) is 13.1 Å². The second kappa shape index (κ2) is 5.87. The number of hydrogen-bond acceptors (Lipinski definition) is 4. The van der Waals surface area contributed by atoms with Crippen molar-refractivity contribution in [3.05, 3.63) is 46.8 Å². The summed E-state index contributed by atoms with van der Waals surface area (Å²) in [5.41, 5.74) is 1.48. The molecule has 1 unspecified atom stereocenters. The van der Waals surface area contributed by atoms with Gasteiger partial charge in [0.1, 0.15) is 0 Å². The predicted octanol–water partition coefficient (Wildman–Crippen LogP) is 2.24. The van der Waals surface area contributed by atoms with Gasteiger partial charge in [-0.3, -0.25) is 9.78 Å². The second-order valence-corrected chi connectivity index (χ2v) is 6.67. The fourth-order valence-corrected chi connectivity index (χ4v) is 3.20. The van der Waals surface area contributed by atoms with Gasteiger partial charge in [0.05, 0.1) is 12.0 Å². The molecule has 0 aromatic carbocycles. The molecule has 1 saturated carbocycles. The maximum Gasteiger partial charge on any atom is 0.331 e. The van der Waals surface area contributed by atoms with E-state index in [1.54, 1.807) is 18.3 Å². The zero-order chi connectivity index (χ0) is 17.5. The highest BCUT2D eigenvalue weighted by molar-refractivity contribution is 5.99. The lowest BCUT2D eigenvalue weighted by Crippen LogP contribution is -2.31. The molecule has 2 aliphatic carbocycles. The summed E-state index contributed by atoms with van der Waals surface area (Å²) < 4.78 is 0. The number of aliphatic hydroxyl groups is 1. The number of pyridine rings is 1. The van der Waals surface area contributed by atoms with Crippen molar-refractivity contribution in [2.75, 3.05) is 0 Å². The molecule has 0 spiro atoms. The van der Waals surface area contributed by atoms with Crippen LogP contribution in [0.5, 0.6) is 0 Å². The Morgan fingerprint density at radius 2 is 2.00 bits per heavy atom. The number of hydrogen-bond donors (Lipinski definition) is 3. The lowest BCUT2D eigenvalue weighted by molar-refractivity contribution is -0.145. The van der Waals surface area contributed by atoms with Crippen molar-refractivity contribution in [1.29, 1.82) is 0 Å². The molecule has 0 saturated heterocycles. The minimum absolute atomic E-state index is 0.0277. The van der Waals surface area contributed by atoms with E-state index < -0.39 is 17.4 Å². The van der Waals surface area contributed by atoms with E-state index in [1.807, 2.05) is 0 Å². The number of carboxylic acids is 2. The number of rotatable bonds is 5. The van der Waals surface area contributed by atoms with Crippen LogP contribution in [0.4, 0.5) is 0 Å². The first-order valence-corrected chi connectivity index (χ1v) is 7.84. The van der Waals surface area contributed by atoms with Crippen molar-refractivity contribution >= 4 is 17.5 Å². The maximum atomic E-state index is 11.8. The Labute approximate surface area is 139 Å². The average Bonchev–Trinajstić information content (AvgIpc) is 3.38. The minimum atomic E-state index is -1.28. The molecule has 0 aliphatic heterocycles. The molecule has 1 heterocycles. The van der Waals surface area contributed by atoms with Crippen LogP contribution < -0.4 is 0 Å². The van der Waals surface area contributed by atoms with Gasteiger partial charge < -0.3 is 15.3 Å². The van der Waals surface area contributed by atoms with E-state index in [4.69, 9.17) is 0 Å². The number of carboxylic acid groups (broad SMARTS) is 2. The number of allylic oxidation sites excluding steroid dienone is 2. The number of aliphatic carboxylic acids is 2. The highest BCUT2D eigenvalue weighted by Crippen LogP contribution is 2.51. The molecule has 6 nitrogen and oxygen atoms in total. The Morgan fingerprint density at radius 3 is 2.54 bits per heavy atom. The van der Waals surface area contributed by atoms with Gasteiger partial charge in [-0.2, -0.15) is 0 Å². The van der Waals surface area contributed by atoms with Crippen LogP contribution in [-0.2, 0) is 16.2 Å². The third-order valence-corrected chi connectivity index (χ3v) is 4.64. The van der Waals surface area contributed by atoms with Crippen molar-refractivity contribution in [3.8, 4) is 0 Å². The monoisotopic (exact) mass is 329 g/mol. The molecule has 0 bridgehead atoms. The molecular formula is C18H19NO5. The van der Waals surface area contributed by atoms with Gasteiger partial charge in [0.2, 0.25) is 0 Å². The van der Waals surface area contributed by atoms with Crippen LogP contribution in [0.2, 0.25) is 0 Å². The molecule has 126 valence electrons. The van der Waals surface area contributed by atoms with E-state index in [0.717, 1.165) is 18.4 Å². The first-order chi connectivity index (χ1) is 11.4. The van der Waals surface area contributed by atoms with Crippen LogP contribution in [0.3, 0.4) is 0 Å². The molecule has 1 fully saturated rings. The molecule has 0 amide bonds. The first-order valence-electron chi connectivity index (χ1n) is 7.84. The number of aliphatic hydroxyl groups excluding tert-OH is 1. The van der Waals surface area contributed by atoms with Gasteiger partial charge in [0.15, 0.2) is 0 Å². The minimum Gasteiger partial charge on any atom is -0.481 e. The molecule has 0 radical (unpaired) electrons. The number of aromatic nitrogens is 1. The molecule has 6 heteroatoms. The normalized spacial score (nSPS) is 23.8. The molecule has 1 aromatic heterocycles. The van der Waals surface area contributed by atoms with Crippen molar-refractivity contribution in [3.63, 3.8) is 0 Å². The standard InChI is InChI=1S/C18H19NO5/c1-18(17(23)24)5-13(12-4-10(9-20)7-19-8-12)15(11-2-3-11)14(6-18)16(21)22/h4-5,7-8,11,20H,2-3,6,9H2,1H3,(H,21,22)(H,23,24). The van der Waals surface area contributed by atoms with Gasteiger partial charge in [-0.15, -0.1) is 0 Å². The van der Waals surface area contributed by atoms with Gasteiger partial charge in [0, 0.05) is 23.5 Å². The van der Waals surface area contributed by atoms with E-state index in [9.17, 15) is 24.9 Å². The summed E-state index contributed by atoms with van der Waals surface area (Å²) in [6.45, 7) is 1.35. The quantitative estimate of drug-likeness (QED) is 0.764. The zero-order valence-electron chi connectivity index (χ0n) is 13.3. The number of nitrogens with zero attached hydrogens (tertiary/aromatic N) is 1. The summed E-state index contributed by atoms with van der Waals surface area (Å²) in [4.78, 5) is 27.6. The SMILES string of the molecule is CC1(C(=O)O)C=C(c2cncc(CO)c2)C(C2CC2)=C(C(=O)O)C1. The van der Waals surface area contributed by atoms with E-state index in [-0.39, 0.29) is 24.5 Å². The summed E-state index contributed by atoms with van der Waals surface area (Å²) in [5.74, 6) is -1.97. The lowest BCUT2D eigenvalue weighted by Gasteiger charge is -2.30. The fourth-order valence-electron chi connectivity index (χ4n) is 3.20. The topological polar surface area (TPSA) is 108 Å². The van der Waals surface area contributed by atoms with Crippen molar-refractivity contribution in [2.45, 2.75) is 32.8 Å². The number of carbonyl (C=O) groups is 2. The Morgan fingerprint density at radius 1 is 1.29 bits per heavy atom. The van der Waals surface area contributed by atoms with Crippen LogP contribution in [0.25, 0.3) is 5.57 Å². The summed E-state index contributed by atoms with van der Waals surface area (Å²) >= 11 is 0. The Balaban J connectivity index is 2.21. The summed E-state index contributed by atoms with van der Waals surface area (Å²) in [7, 11) is 0. The third kappa shape index (κ3) is 2.85. The van der Waals surface area contributed by atoms with Crippen LogP contribution in [-0.4, -0.2) is 32.2 Å². The van der Waals surface area contributed by atoms with E-state index >= 15 is 0 Å². The Hall–Kier alpha value is -2.47. The lowest BCUT2D eigenvalue weighted by atomic mass is 9.72. The first kappa shape index (κ1) is 16.4. The summed E-state index contributed by atoms with van der Waals surface area (Å²) in [5, 5.41) is 28.5. The fraction of sp³-hybridized carbons (Fsp3) is 0.389. The Bertz CT molecular complexity index is 775. The highest BCUT2D eigenvalue weighted by Gasteiger charge is 2.43. The smallest absolute Gasteiger partial charge is 0.331 e. The molecule has 3 N–H and O–H groups in total. The summed E-state index contributed by atoms with van der Waals surface area (Å²) in [6, 6.07) is 1.73. The van der Waals surface area contributed by atoms with Gasteiger partial charge in [-0.25, -0.2) is 4.79 Å². The van der Waals surface area contributed by atoms with Gasteiger partial charge >= 0.3 is 11.9 Å². The van der Waals surface area contributed by atoms with Gasteiger partial charge in [-0.1, -0.05) is 6.08 Å². The van der Waals surface area contributed by atoms with Crippen molar-refractivity contribution in [1.82, 2.24) is 4.98 Å². The van der Waals surface area contributed by atoms with E-state index in [2.05, 4.69) is 4.98 Å². The summed E-state index contributed by atoms with van der Waals surface area (Å²) in [6.07, 6.45) is 6.54. The molecule has 24 heavy (non-hydrogen) atoms. The van der Waals surface area contributed by atoms with Crippen molar-refractivity contribution < 1.29 is 24.9 Å². The third-order valence-electron chi connectivity index (χ3n) is 4.64. The average molecular weight is 329 g/mol. The molecule has 2 aliphatic rings. The molecule has 3 rings (SSSR count). The van der Waals surface area contributed by atoms with Crippen molar-refractivity contribution in [2.24, 2.45) is 11.3 Å². The van der Waals surface area contributed by atoms with Crippen LogP contribution in [0.1, 0.15) is 37.3 Å². The van der Waals surface area contributed by atoms with Crippen LogP contribution in [0, 0.1) is 11.3 Å². The highest BCUT2D eigenvalue weighted by atomic mass is 16.4.